The molecule has 0 aliphatic rings. The van der Waals surface area contributed by atoms with Crippen LogP contribution in [0.5, 0.6) is 0 Å². The third-order valence-corrected chi connectivity index (χ3v) is 1.93. The lowest BCUT2D eigenvalue weighted by Gasteiger charge is -1.98. The van der Waals surface area contributed by atoms with Crippen molar-refractivity contribution < 1.29 is 13.6 Å². The van der Waals surface area contributed by atoms with Gasteiger partial charge in [0.15, 0.2) is 6.29 Å². The van der Waals surface area contributed by atoms with Gasteiger partial charge in [0.1, 0.15) is 11.6 Å². The highest BCUT2D eigenvalue weighted by Gasteiger charge is 2.05. The van der Waals surface area contributed by atoms with Crippen molar-refractivity contribution >= 4 is 6.29 Å². The van der Waals surface area contributed by atoms with E-state index in [0.29, 0.717) is 17.6 Å². The van der Waals surface area contributed by atoms with Crippen LogP contribution in [0.1, 0.15) is 10.4 Å². The lowest BCUT2D eigenvalue weighted by molar-refractivity contribution is 0.112. The zero-order valence-electron chi connectivity index (χ0n) is 7.24. The molecule has 0 N–H and O–H groups in total. The number of hydrogen-bond acceptors (Lipinski definition) is 2. The van der Waals surface area contributed by atoms with Crippen LogP contribution in [0.2, 0.25) is 0 Å². The molecule has 70 valence electrons. The van der Waals surface area contributed by atoms with Crippen LogP contribution >= 0.6 is 0 Å². The Labute approximate surface area is 80.0 Å². The van der Waals surface area contributed by atoms with Gasteiger partial charge >= 0.3 is 0 Å². The Bertz CT molecular complexity index is 446. The van der Waals surface area contributed by atoms with E-state index in [9.17, 15) is 9.18 Å². The first-order valence-electron chi connectivity index (χ1n) is 4.10. The average Bonchev–Trinajstić information content (AvgIpc) is 2.70. The predicted molar refractivity (Wildman–Crippen MR) is 49.5 cm³/mol. The number of carbonyl (C=O) groups is 1. The molecule has 2 rings (SSSR count). The Morgan fingerprint density at radius 1 is 1.29 bits per heavy atom. The van der Waals surface area contributed by atoms with E-state index >= 15 is 0 Å². The molecule has 14 heavy (non-hydrogen) atoms. The molecule has 0 amide bonds. The van der Waals surface area contributed by atoms with Gasteiger partial charge in [-0.15, -0.1) is 0 Å². The maximum Gasteiger partial charge on any atom is 0.152 e. The van der Waals surface area contributed by atoms with Crippen LogP contribution in [0.25, 0.3) is 11.3 Å². The third-order valence-electron chi connectivity index (χ3n) is 1.93. The molecule has 0 atom stereocenters. The van der Waals surface area contributed by atoms with Crippen molar-refractivity contribution in [3.05, 3.63) is 48.0 Å². The maximum absolute atomic E-state index is 13.2. The Kier molecular flexibility index (Phi) is 2.14. The van der Waals surface area contributed by atoms with Crippen LogP contribution in [0, 0.1) is 5.82 Å². The normalized spacial score (nSPS) is 10.1. The van der Waals surface area contributed by atoms with E-state index in [1.807, 2.05) is 0 Å². The highest BCUT2D eigenvalue weighted by molar-refractivity contribution is 5.76. The number of hydrogen-bond donors (Lipinski definition) is 0. The maximum atomic E-state index is 13.2. The molecule has 2 aromatic rings. The molecular formula is C11H7FO2. The van der Waals surface area contributed by atoms with Gasteiger partial charge in [0.25, 0.3) is 0 Å². The van der Waals surface area contributed by atoms with Crippen LogP contribution in [0.15, 0.2) is 41.0 Å². The standard InChI is InChI=1S/C11H7FO2/c12-10-6-8(3-4-9(10)7-13)11-2-1-5-14-11/h1-7H. The van der Waals surface area contributed by atoms with Gasteiger partial charge in [0, 0.05) is 5.56 Å². The number of furan rings is 1. The van der Waals surface area contributed by atoms with Crippen molar-refractivity contribution in [1.29, 1.82) is 0 Å². The minimum absolute atomic E-state index is 0.0558. The molecule has 3 heteroatoms. The number of benzene rings is 1. The van der Waals surface area contributed by atoms with Gasteiger partial charge in [0.05, 0.1) is 11.8 Å². The molecule has 0 aliphatic heterocycles. The van der Waals surface area contributed by atoms with E-state index in [1.165, 1.54) is 18.4 Å². The van der Waals surface area contributed by atoms with Crippen LogP contribution in [0.3, 0.4) is 0 Å². The Morgan fingerprint density at radius 3 is 2.71 bits per heavy atom. The second-order valence-corrected chi connectivity index (χ2v) is 2.83. The molecule has 0 fully saturated rings. The fraction of sp³-hybridized carbons (Fsp3) is 0. The lowest BCUT2D eigenvalue weighted by Crippen LogP contribution is -1.87. The number of carbonyl (C=O) groups excluding carboxylic acids is 1. The fourth-order valence-corrected chi connectivity index (χ4v) is 1.22. The number of halogens is 1. The molecule has 0 spiro atoms. The van der Waals surface area contributed by atoms with Crippen LogP contribution in [0.4, 0.5) is 4.39 Å². The predicted octanol–water partition coefficient (Wildman–Crippen LogP) is 2.90. The summed E-state index contributed by atoms with van der Waals surface area (Å²) in [5.74, 6) is 0.0512. The monoisotopic (exact) mass is 190 g/mol. The molecule has 0 radical (unpaired) electrons. The van der Waals surface area contributed by atoms with Crippen LogP contribution in [-0.4, -0.2) is 6.29 Å². The van der Waals surface area contributed by atoms with Crippen molar-refractivity contribution in [2.24, 2.45) is 0 Å². The van der Waals surface area contributed by atoms with E-state index in [0.717, 1.165) is 0 Å². The summed E-state index contributed by atoms with van der Waals surface area (Å²) in [5.41, 5.74) is 0.679. The van der Waals surface area contributed by atoms with Gasteiger partial charge in [-0.2, -0.15) is 0 Å². The van der Waals surface area contributed by atoms with Gasteiger partial charge in [-0.25, -0.2) is 4.39 Å². The number of rotatable bonds is 2. The van der Waals surface area contributed by atoms with Crippen molar-refractivity contribution in [1.82, 2.24) is 0 Å². The molecule has 2 nitrogen and oxygen atoms in total. The second-order valence-electron chi connectivity index (χ2n) is 2.83. The Hall–Kier alpha value is -1.90. The van der Waals surface area contributed by atoms with Gasteiger partial charge < -0.3 is 4.42 Å². The first-order chi connectivity index (χ1) is 6.81. The fourth-order valence-electron chi connectivity index (χ4n) is 1.22. The largest absolute Gasteiger partial charge is 0.464 e. The van der Waals surface area contributed by atoms with E-state index in [4.69, 9.17) is 4.42 Å². The van der Waals surface area contributed by atoms with E-state index in [2.05, 4.69) is 0 Å². The van der Waals surface area contributed by atoms with Crippen LogP contribution in [-0.2, 0) is 0 Å². The summed E-state index contributed by atoms with van der Waals surface area (Å²) in [5, 5.41) is 0. The van der Waals surface area contributed by atoms with E-state index in [-0.39, 0.29) is 5.56 Å². The molecule has 0 aliphatic carbocycles. The minimum Gasteiger partial charge on any atom is -0.464 e. The Balaban J connectivity index is 2.48. The summed E-state index contributed by atoms with van der Waals surface area (Å²) in [4.78, 5) is 10.4. The highest BCUT2D eigenvalue weighted by Crippen LogP contribution is 2.21. The van der Waals surface area contributed by atoms with Gasteiger partial charge in [-0.05, 0) is 24.3 Å². The molecule has 1 aromatic heterocycles. The van der Waals surface area contributed by atoms with Gasteiger partial charge in [-0.1, -0.05) is 6.07 Å². The molecule has 1 aromatic carbocycles. The zero-order valence-corrected chi connectivity index (χ0v) is 7.24. The Morgan fingerprint density at radius 2 is 2.14 bits per heavy atom. The molecular weight excluding hydrogens is 183 g/mol. The van der Waals surface area contributed by atoms with Crippen molar-refractivity contribution in [2.75, 3.05) is 0 Å². The molecule has 0 unspecified atom stereocenters. The molecule has 0 saturated carbocycles. The van der Waals surface area contributed by atoms with Gasteiger partial charge in [-0.3, -0.25) is 4.79 Å². The lowest BCUT2D eigenvalue weighted by atomic mass is 10.1. The minimum atomic E-state index is -0.533. The smallest absolute Gasteiger partial charge is 0.152 e. The molecule has 1 heterocycles. The third kappa shape index (κ3) is 1.44. The summed E-state index contributed by atoms with van der Waals surface area (Å²) in [6.45, 7) is 0. The molecule has 0 bridgehead atoms. The summed E-state index contributed by atoms with van der Waals surface area (Å²) in [7, 11) is 0. The summed E-state index contributed by atoms with van der Waals surface area (Å²) in [6, 6.07) is 7.81. The summed E-state index contributed by atoms with van der Waals surface area (Å²) >= 11 is 0. The first-order valence-corrected chi connectivity index (χ1v) is 4.10. The highest BCUT2D eigenvalue weighted by atomic mass is 19.1. The van der Waals surface area contributed by atoms with E-state index < -0.39 is 5.82 Å². The van der Waals surface area contributed by atoms with Crippen molar-refractivity contribution in [3.63, 3.8) is 0 Å². The molecule has 0 saturated heterocycles. The first kappa shape index (κ1) is 8.69. The van der Waals surface area contributed by atoms with E-state index in [1.54, 1.807) is 18.2 Å². The zero-order chi connectivity index (χ0) is 9.97. The SMILES string of the molecule is O=Cc1ccc(-c2ccco2)cc1F. The van der Waals surface area contributed by atoms with Crippen LogP contribution < -0.4 is 0 Å². The second kappa shape index (κ2) is 3.46. The summed E-state index contributed by atoms with van der Waals surface area (Å²) < 4.78 is 18.3. The number of aldehydes is 1. The van der Waals surface area contributed by atoms with Crippen molar-refractivity contribution in [3.8, 4) is 11.3 Å². The average molecular weight is 190 g/mol. The van der Waals surface area contributed by atoms with Gasteiger partial charge in [0.2, 0.25) is 0 Å². The van der Waals surface area contributed by atoms with Crippen molar-refractivity contribution in [2.45, 2.75) is 0 Å². The quantitative estimate of drug-likeness (QED) is 0.681. The summed E-state index contributed by atoms with van der Waals surface area (Å²) in [6.07, 6.45) is 2.00. The topological polar surface area (TPSA) is 30.2 Å².